The Kier molecular flexibility index (Phi) is 5.67. The Hall–Kier alpha value is -0.580. The van der Waals surface area contributed by atoms with Gasteiger partial charge in [-0.1, -0.05) is 28.9 Å². The molecule has 0 N–H and O–H groups in total. The molecule has 4 heteroatoms. The van der Waals surface area contributed by atoms with E-state index in [-0.39, 0.29) is 5.78 Å². The van der Waals surface area contributed by atoms with Crippen LogP contribution in [0.3, 0.4) is 0 Å². The smallest absolute Gasteiger partial charge is 0.148 e. The molecule has 0 spiro atoms. The molecule has 0 amide bonds. The Labute approximate surface area is 130 Å². The van der Waals surface area contributed by atoms with E-state index in [1.54, 1.807) is 23.1 Å². The fourth-order valence-electron chi connectivity index (χ4n) is 1.67. The molecule has 2 rings (SSSR count). The molecular formula is C15H15BrOS2. The fraction of sp³-hybridized carbons (Fsp3) is 0.267. The minimum absolute atomic E-state index is 0.287. The van der Waals surface area contributed by atoms with Gasteiger partial charge in [0.1, 0.15) is 5.78 Å². The Bertz CT molecular complexity index is 563. The van der Waals surface area contributed by atoms with E-state index in [0.29, 0.717) is 12.2 Å². The lowest BCUT2D eigenvalue weighted by Crippen LogP contribution is -2.04. The number of thiophene rings is 1. The van der Waals surface area contributed by atoms with Gasteiger partial charge in [0.2, 0.25) is 0 Å². The van der Waals surface area contributed by atoms with Gasteiger partial charge in [0.15, 0.2) is 0 Å². The predicted octanol–water partition coefficient (Wildman–Crippen LogP) is 4.98. The highest BCUT2D eigenvalue weighted by Gasteiger charge is 2.07. The summed E-state index contributed by atoms with van der Waals surface area (Å²) < 4.78 is 1.05. The van der Waals surface area contributed by atoms with Crippen molar-refractivity contribution < 1.29 is 4.79 Å². The molecule has 0 fully saturated rings. The van der Waals surface area contributed by atoms with E-state index in [1.807, 2.05) is 24.3 Å². The average Bonchev–Trinajstić information content (AvgIpc) is 2.84. The predicted molar refractivity (Wildman–Crippen MR) is 87.3 cm³/mol. The van der Waals surface area contributed by atoms with Gasteiger partial charge in [0, 0.05) is 25.5 Å². The number of hydrogen-bond donors (Lipinski definition) is 0. The van der Waals surface area contributed by atoms with Crippen LogP contribution in [0.4, 0.5) is 0 Å². The minimum atomic E-state index is 0.287. The molecule has 1 aromatic carbocycles. The summed E-state index contributed by atoms with van der Waals surface area (Å²) in [6.07, 6.45) is 1.61. The molecule has 1 aromatic heterocycles. The van der Waals surface area contributed by atoms with E-state index in [4.69, 9.17) is 0 Å². The van der Waals surface area contributed by atoms with Gasteiger partial charge in [-0.3, -0.25) is 4.79 Å². The molecule has 100 valence electrons. The highest BCUT2D eigenvalue weighted by atomic mass is 79.9. The van der Waals surface area contributed by atoms with Crippen molar-refractivity contribution in [3.63, 3.8) is 0 Å². The van der Waals surface area contributed by atoms with Crippen molar-refractivity contribution in [1.29, 1.82) is 0 Å². The summed E-state index contributed by atoms with van der Waals surface area (Å²) in [5.74, 6) is 0.824. The zero-order valence-electron chi connectivity index (χ0n) is 10.7. The van der Waals surface area contributed by atoms with Crippen molar-refractivity contribution in [2.24, 2.45) is 0 Å². The van der Waals surface area contributed by atoms with Crippen LogP contribution in [0.5, 0.6) is 0 Å². The molecule has 1 nitrogen and oxygen atoms in total. The second-order valence-electron chi connectivity index (χ2n) is 4.18. The van der Waals surface area contributed by atoms with Crippen molar-refractivity contribution in [2.45, 2.75) is 24.7 Å². The number of hydrogen-bond acceptors (Lipinski definition) is 3. The number of aryl methyl sites for hydroxylation is 1. The van der Waals surface area contributed by atoms with Crippen molar-refractivity contribution >= 4 is 44.8 Å². The molecule has 19 heavy (non-hydrogen) atoms. The first-order chi connectivity index (χ1) is 9.17. The second-order valence-corrected chi connectivity index (χ2v) is 7.40. The lowest BCUT2D eigenvalue weighted by atomic mass is 10.2. The van der Waals surface area contributed by atoms with Crippen LogP contribution in [0.15, 0.2) is 45.8 Å². The van der Waals surface area contributed by atoms with E-state index in [1.165, 1.54) is 9.75 Å². The molecule has 0 atom stereocenters. The Morgan fingerprint density at radius 3 is 2.74 bits per heavy atom. The zero-order valence-corrected chi connectivity index (χ0v) is 13.9. The maximum absolute atomic E-state index is 11.9. The van der Waals surface area contributed by atoms with Crippen LogP contribution < -0.4 is 0 Å². The number of Topliss-reactive ketones (excluding diaryl/α,β-unsaturated/α-hetero) is 1. The third-order valence-electron chi connectivity index (χ3n) is 2.63. The van der Waals surface area contributed by atoms with Crippen LogP contribution >= 0.6 is 39.0 Å². The summed E-state index contributed by atoms with van der Waals surface area (Å²) in [6, 6.07) is 12.2. The van der Waals surface area contributed by atoms with Gasteiger partial charge in [-0.15, -0.1) is 23.1 Å². The Morgan fingerprint density at radius 2 is 2.05 bits per heavy atom. The summed E-state index contributed by atoms with van der Waals surface area (Å²) >= 11 is 6.78. The maximum atomic E-state index is 11.9. The van der Waals surface area contributed by atoms with E-state index in [9.17, 15) is 4.79 Å². The Balaban J connectivity index is 1.84. The molecule has 0 radical (unpaired) electrons. The topological polar surface area (TPSA) is 17.1 Å². The molecule has 0 aliphatic rings. The van der Waals surface area contributed by atoms with Crippen LogP contribution in [-0.4, -0.2) is 11.5 Å². The normalized spacial score (nSPS) is 10.6. The maximum Gasteiger partial charge on any atom is 0.148 e. The van der Waals surface area contributed by atoms with Gasteiger partial charge in [-0.25, -0.2) is 0 Å². The zero-order chi connectivity index (χ0) is 13.7. The van der Waals surface area contributed by atoms with E-state index < -0.39 is 0 Å². The molecule has 1 heterocycles. The third-order valence-corrected chi connectivity index (χ3v) is 5.41. The van der Waals surface area contributed by atoms with E-state index in [0.717, 1.165) is 15.8 Å². The van der Waals surface area contributed by atoms with Crippen molar-refractivity contribution in [1.82, 2.24) is 0 Å². The fourth-order valence-corrected chi connectivity index (χ4v) is 4.03. The number of thioether (sulfide) groups is 1. The van der Waals surface area contributed by atoms with E-state index >= 15 is 0 Å². The van der Waals surface area contributed by atoms with Gasteiger partial charge in [-0.05, 0) is 36.8 Å². The summed E-state index contributed by atoms with van der Waals surface area (Å²) in [4.78, 5) is 15.6. The van der Waals surface area contributed by atoms with Gasteiger partial charge >= 0.3 is 0 Å². The molecule has 0 aliphatic carbocycles. The van der Waals surface area contributed by atoms with Crippen molar-refractivity contribution in [3.05, 3.63) is 50.6 Å². The number of carbonyl (C=O) groups excluding carboxylic acids is 1. The van der Waals surface area contributed by atoms with Gasteiger partial charge in [-0.2, -0.15) is 0 Å². The lowest BCUT2D eigenvalue weighted by Gasteiger charge is -2.01. The number of rotatable bonds is 6. The number of halogens is 1. The van der Waals surface area contributed by atoms with Crippen LogP contribution in [0.25, 0.3) is 0 Å². The third kappa shape index (κ3) is 4.79. The average molecular weight is 355 g/mol. The number of ketones is 1. The van der Waals surface area contributed by atoms with Crippen LogP contribution in [0.1, 0.15) is 16.7 Å². The van der Waals surface area contributed by atoms with Crippen LogP contribution in [0.2, 0.25) is 0 Å². The summed E-state index contributed by atoms with van der Waals surface area (Å²) in [6.45, 7) is 2.14. The molecule has 2 aromatic rings. The van der Waals surface area contributed by atoms with Gasteiger partial charge in [0.25, 0.3) is 0 Å². The summed E-state index contributed by atoms with van der Waals surface area (Å²) in [5, 5.41) is 0. The highest BCUT2D eigenvalue weighted by Crippen LogP contribution is 2.23. The number of benzene rings is 1. The largest absolute Gasteiger partial charge is 0.298 e. The minimum Gasteiger partial charge on any atom is -0.298 e. The number of carbonyl (C=O) groups is 1. The standard InChI is InChI=1S/C15H15BrOS2/c1-2-13-6-7-15(19-13)9-12(17)10-18-14-5-3-4-11(16)8-14/h3-8H,2,9-10H2,1H3. The van der Waals surface area contributed by atoms with Gasteiger partial charge in [0.05, 0.1) is 5.75 Å². The first kappa shape index (κ1) is 14.8. The first-order valence-corrected chi connectivity index (χ1v) is 8.74. The quantitative estimate of drug-likeness (QED) is 0.680. The molecule has 0 saturated heterocycles. The lowest BCUT2D eigenvalue weighted by molar-refractivity contribution is -0.115. The van der Waals surface area contributed by atoms with Crippen molar-refractivity contribution in [3.8, 4) is 0 Å². The molecular weight excluding hydrogens is 340 g/mol. The molecule has 0 saturated carbocycles. The monoisotopic (exact) mass is 354 g/mol. The van der Waals surface area contributed by atoms with Crippen LogP contribution in [-0.2, 0) is 17.6 Å². The van der Waals surface area contributed by atoms with Crippen molar-refractivity contribution in [2.75, 3.05) is 5.75 Å². The molecule has 0 bridgehead atoms. The molecule has 0 aliphatic heterocycles. The first-order valence-electron chi connectivity index (χ1n) is 6.15. The Morgan fingerprint density at radius 1 is 1.26 bits per heavy atom. The van der Waals surface area contributed by atoms with Gasteiger partial charge < -0.3 is 0 Å². The summed E-state index contributed by atoms with van der Waals surface area (Å²) in [7, 11) is 0. The van der Waals surface area contributed by atoms with Crippen LogP contribution in [0, 0.1) is 0 Å². The summed E-state index contributed by atoms with van der Waals surface area (Å²) in [5.41, 5.74) is 0. The molecule has 0 unspecified atom stereocenters. The van der Waals surface area contributed by atoms with E-state index in [2.05, 4.69) is 35.0 Å². The highest BCUT2D eigenvalue weighted by molar-refractivity contribution is 9.10. The SMILES string of the molecule is CCc1ccc(CC(=O)CSc2cccc(Br)c2)s1. The second kappa shape index (κ2) is 7.27.